The van der Waals surface area contributed by atoms with Gasteiger partial charge in [0.1, 0.15) is 5.75 Å². The first kappa shape index (κ1) is 22.2. The normalized spacial score (nSPS) is 11.8. The maximum absolute atomic E-state index is 12.3. The Hall–Kier alpha value is -3.54. The van der Waals surface area contributed by atoms with Gasteiger partial charge in [-0.2, -0.15) is 0 Å². The molecule has 0 bridgehead atoms. The molecule has 3 rings (SSSR count). The van der Waals surface area contributed by atoms with Gasteiger partial charge in [0.2, 0.25) is 0 Å². The van der Waals surface area contributed by atoms with Crippen molar-refractivity contribution >= 4 is 28.4 Å². The van der Waals surface area contributed by atoms with Gasteiger partial charge in [-0.1, -0.05) is 36.4 Å². The van der Waals surface area contributed by atoms with Crippen LogP contribution in [-0.4, -0.2) is 31.6 Å². The summed E-state index contributed by atoms with van der Waals surface area (Å²) in [7, 11) is 1.70. The molecule has 2 N–H and O–H groups in total. The summed E-state index contributed by atoms with van der Waals surface area (Å²) in [4.78, 5) is 25.9. The lowest BCUT2D eigenvalue weighted by molar-refractivity contribution is -0.123. The van der Waals surface area contributed by atoms with Crippen molar-refractivity contribution in [2.24, 2.45) is 0 Å². The summed E-state index contributed by atoms with van der Waals surface area (Å²) < 4.78 is 5.60. The number of carbonyl (C=O) groups is 2. The lowest BCUT2D eigenvalue weighted by atomic mass is 10.0. The fraction of sp³-hybridized carbons (Fsp3) is 0.280. The molecule has 0 spiro atoms. The minimum Gasteiger partial charge on any atom is -0.484 e. The van der Waals surface area contributed by atoms with Crippen molar-refractivity contribution in [1.29, 1.82) is 0 Å². The molecule has 6 heteroatoms. The smallest absolute Gasteiger partial charge is 0.321 e. The molecule has 6 nitrogen and oxygen atoms in total. The predicted octanol–water partition coefficient (Wildman–Crippen LogP) is 4.65. The number of hydrogen-bond donors (Lipinski definition) is 2. The van der Waals surface area contributed by atoms with E-state index < -0.39 is 0 Å². The molecule has 3 aromatic carbocycles. The number of hydrogen-bond acceptors (Lipinski definition) is 3. The van der Waals surface area contributed by atoms with Crippen LogP contribution in [0.3, 0.4) is 0 Å². The molecule has 0 saturated carbocycles. The molecule has 1 atom stereocenters. The SMILES string of the molecule is CC(C)NC(=O)N(C)c1ccc(OCC(=O)NC(C)c2ccc3ccccc3c2)cc1. The maximum Gasteiger partial charge on any atom is 0.321 e. The molecular formula is C25H29N3O3. The van der Waals surface area contributed by atoms with Crippen LogP contribution in [0.15, 0.2) is 66.7 Å². The van der Waals surface area contributed by atoms with Gasteiger partial charge in [-0.05, 0) is 67.4 Å². The van der Waals surface area contributed by atoms with Crippen molar-refractivity contribution < 1.29 is 14.3 Å². The molecule has 0 aliphatic heterocycles. The van der Waals surface area contributed by atoms with Crippen LogP contribution in [0.5, 0.6) is 5.75 Å². The zero-order chi connectivity index (χ0) is 22.4. The van der Waals surface area contributed by atoms with Gasteiger partial charge in [0.25, 0.3) is 5.91 Å². The van der Waals surface area contributed by atoms with E-state index in [0.717, 1.165) is 16.6 Å². The van der Waals surface area contributed by atoms with E-state index >= 15 is 0 Å². The van der Waals surface area contributed by atoms with Gasteiger partial charge in [0.05, 0.1) is 6.04 Å². The van der Waals surface area contributed by atoms with Gasteiger partial charge in [0, 0.05) is 18.8 Å². The Balaban J connectivity index is 1.52. The second kappa shape index (κ2) is 9.98. The summed E-state index contributed by atoms with van der Waals surface area (Å²) in [5.74, 6) is 0.369. The number of ether oxygens (including phenoxy) is 1. The zero-order valence-electron chi connectivity index (χ0n) is 18.4. The Labute approximate surface area is 183 Å². The van der Waals surface area contributed by atoms with Crippen molar-refractivity contribution in [3.05, 3.63) is 72.3 Å². The minimum atomic E-state index is -0.196. The highest BCUT2D eigenvalue weighted by Gasteiger charge is 2.13. The molecule has 0 aliphatic rings. The molecule has 0 saturated heterocycles. The van der Waals surface area contributed by atoms with Crippen molar-refractivity contribution in [3.8, 4) is 5.75 Å². The standard InChI is InChI=1S/C25H29N3O3/c1-17(2)26-25(30)28(4)22-11-13-23(14-12-22)31-16-24(29)27-18(3)20-10-9-19-7-5-6-8-21(19)15-20/h5-15,17-18H,16H2,1-4H3,(H,26,30)(H,27,29). The first-order chi connectivity index (χ1) is 14.8. The van der Waals surface area contributed by atoms with Crippen molar-refractivity contribution in [2.45, 2.75) is 32.9 Å². The van der Waals surface area contributed by atoms with Gasteiger partial charge >= 0.3 is 6.03 Å². The first-order valence-electron chi connectivity index (χ1n) is 10.4. The van der Waals surface area contributed by atoms with Gasteiger partial charge in [-0.25, -0.2) is 4.79 Å². The summed E-state index contributed by atoms with van der Waals surface area (Å²) in [6.07, 6.45) is 0. The zero-order valence-corrected chi connectivity index (χ0v) is 18.4. The molecule has 162 valence electrons. The predicted molar refractivity (Wildman–Crippen MR) is 125 cm³/mol. The second-order valence-corrected chi connectivity index (χ2v) is 7.84. The molecule has 0 radical (unpaired) electrons. The monoisotopic (exact) mass is 419 g/mol. The van der Waals surface area contributed by atoms with E-state index in [1.165, 1.54) is 10.3 Å². The highest BCUT2D eigenvalue weighted by Crippen LogP contribution is 2.21. The third-order valence-electron chi connectivity index (χ3n) is 4.96. The van der Waals surface area contributed by atoms with E-state index in [1.807, 2.05) is 39.0 Å². The van der Waals surface area contributed by atoms with Gasteiger partial charge in [0.15, 0.2) is 6.61 Å². The van der Waals surface area contributed by atoms with Crippen LogP contribution in [0, 0.1) is 0 Å². The van der Waals surface area contributed by atoms with Crippen LogP contribution in [0.4, 0.5) is 10.5 Å². The first-order valence-corrected chi connectivity index (χ1v) is 10.4. The largest absolute Gasteiger partial charge is 0.484 e. The highest BCUT2D eigenvalue weighted by molar-refractivity contribution is 5.91. The Bertz CT molecular complexity index is 1050. The molecule has 0 aliphatic carbocycles. The summed E-state index contributed by atoms with van der Waals surface area (Å²) in [6, 6.07) is 21.1. The summed E-state index contributed by atoms with van der Waals surface area (Å²) >= 11 is 0. The number of fused-ring (bicyclic) bond motifs is 1. The van der Waals surface area contributed by atoms with Crippen LogP contribution >= 0.6 is 0 Å². The number of nitrogens with zero attached hydrogens (tertiary/aromatic N) is 1. The molecule has 0 heterocycles. The Morgan fingerprint density at radius 3 is 2.26 bits per heavy atom. The van der Waals surface area contributed by atoms with Crippen molar-refractivity contribution in [3.63, 3.8) is 0 Å². The van der Waals surface area contributed by atoms with E-state index in [9.17, 15) is 9.59 Å². The molecule has 31 heavy (non-hydrogen) atoms. The number of nitrogens with one attached hydrogen (secondary N) is 2. The average Bonchev–Trinajstić information content (AvgIpc) is 2.76. The maximum atomic E-state index is 12.3. The third kappa shape index (κ3) is 5.98. The summed E-state index contributed by atoms with van der Waals surface area (Å²) in [6.45, 7) is 5.69. The van der Waals surface area contributed by atoms with Crippen LogP contribution in [0.2, 0.25) is 0 Å². The summed E-state index contributed by atoms with van der Waals surface area (Å²) in [5.41, 5.74) is 1.78. The van der Waals surface area contributed by atoms with E-state index in [-0.39, 0.29) is 30.6 Å². The van der Waals surface area contributed by atoms with E-state index in [1.54, 1.807) is 31.3 Å². The Kier molecular flexibility index (Phi) is 7.13. The quantitative estimate of drug-likeness (QED) is 0.586. The lowest BCUT2D eigenvalue weighted by Gasteiger charge is -2.20. The van der Waals surface area contributed by atoms with Crippen LogP contribution in [-0.2, 0) is 4.79 Å². The van der Waals surface area contributed by atoms with Crippen molar-refractivity contribution in [1.82, 2.24) is 10.6 Å². The number of anilines is 1. The lowest BCUT2D eigenvalue weighted by Crippen LogP contribution is -2.40. The molecule has 0 aromatic heterocycles. The van der Waals surface area contributed by atoms with Crippen LogP contribution in [0.25, 0.3) is 10.8 Å². The van der Waals surface area contributed by atoms with Gasteiger partial charge in [-0.3, -0.25) is 9.69 Å². The average molecular weight is 420 g/mol. The molecule has 3 aromatic rings. The molecular weight excluding hydrogens is 390 g/mol. The number of amides is 3. The Morgan fingerprint density at radius 1 is 0.903 bits per heavy atom. The van der Waals surface area contributed by atoms with Gasteiger partial charge in [-0.15, -0.1) is 0 Å². The molecule has 1 unspecified atom stereocenters. The van der Waals surface area contributed by atoms with Crippen LogP contribution in [0.1, 0.15) is 32.4 Å². The number of rotatable bonds is 7. The van der Waals surface area contributed by atoms with Crippen molar-refractivity contribution in [2.75, 3.05) is 18.6 Å². The number of carbonyl (C=O) groups excluding carboxylic acids is 2. The van der Waals surface area contributed by atoms with E-state index in [0.29, 0.717) is 5.75 Å². The Morgan fingerprint density at radius 2 is 1.58 bits per heavy atom. The summed E-state index contributed by atoms with van der Waals surface area (Å²) in [5, 5.41) is 8.12. The number of urea groups is 1. The molecule has 3 amide bonds. The number of benzene rings is 3. The fourth-order valence-electron chi connectivity index (χ4n) is 3.22. The van der Waals surface area contributed by atoms with Gasteiger partial charge < -0.3 is 15.4 Å². The van der Waals surface area contributed by atoms with E-state index in [4.69, 9.17) is 4.74 Å². The second-order valence-electron chi connectivity index (χ2n) is 7.84. The highest BCUT2D eigenvalue weighted by atomic mass is 16.5. The fourth-order valence-corrected chi connectivity index (χ4v) is 3.22. The third-order valence-corrected chi connectivity index (χ3v) is 4.96. The topological polar surface area (TPSA) is 70.7 Å². The molecule has 0 fully saturated rings. The minimum absolute atomic E-state index is 0.0630. The van der Waals surface area contributed by atoms with E-state index in [2.05, 4.69) is 34.9 Å². The van der Waals surface area contributed by atoms with Crippen LogP contribution < -0.4 is 20.3 Å².